The minimum Gasteiger partial charge on any atom is -0.371 e. The van der Waals surface area contributed by atoms with Crippen LogP contribution in [0, 0.1) is 10.1 Å². The van der Waals surface area contributed by atoms with Crippen molar-refractivity contribution in [3.05, 3.63) is 45.6 Å². The number of hydrogen-bond acceptors (Lipinski definition) is 3. The summed E-state index contributed by atoms with van der Waals surface area (Å²) in [6.07, 6.45) is 3.55. The molecule has 0 unspecified atom stereocenters. The standard InChI is InChI=1S/C12H14N2O2/c1-2-13-7-6-11-9-10(3-4-12(11)13)5-8-14(15)16/h3-5,8-9H,2,6-7H2,1H3/b8-5+. The van der Waals surface area contributed by atoms with E-state index in [-0.39, 0.29) is 0 Å². The predicted molar refractivity (Wildman–Crippen MR) is 64.1 cm³/mol. The number of fused-ring (bicyclic) bond motifs is 1. The summed E-state index contributed by atoms with van der Waals surface area (Å²) >= 11 is 0. The number of nitro groups is 1. The smallest absolute Gasteiger partial charge is 0.235 e. The van der Waals surface area contributed by atoms with Crippen LogP contribution in [0.25, 0.3) is 6.08 Å². The Morgan fingerprint density at radius 1 is 1.56 bits per heavy atom. The number of likely N-dealkylation sites (N-methyl/N-ethyl adjacent to an activating group) is 1. The number of nitrogens with zero attached hydrogens (tertiary/aromatic N) is 2. The topological polar surface area (TPSA) is 46.4 Å². The van der Waals surface area contributed by atoms with E-state index in [0.29, 0.717) is 0 Å². The maximum atomic E-state index is 10.2. The van der Waals surface area contributed by atoms with Crippen molar-refractivity contribution in [3.63, 3.8) is 0 Å². The Hall–Kier alpha value is -1.84. The Morgan fingerprint density at radius 2 is 2.38 bits per heavy atom. The lowest BCUT2D eigenvalue weighted by Crippen LogP contribution is -2.18. The molecule has 1 aliphatic rings. The average molecular weight is 218 g/mol. The van der Waals surface area contributed by atoms with E-state index in [2.05, 4.69) is 11.8 Å². The fourth-order valence-electron chi connectivity index (χ4n) is 2.07. The first-order chi connectivity index (χ1) is 7.70. The van der Waals surface area contributed by atoms with Gasteiger partial charge in [-0.15, -0.1) is 0 Å². The molecule has 0 radical (unpaired) electrons. The Kier molecular flexibility index (Phi) is 2.90. The molecule has 4 heteroatoms. The molecule has 1 heterocycles. The van der Waals surface area contributed by atoms with E-state index in [0.717, 1.165) is 31.3 Å². The molecular weight excluding hydrogens is 204 g/mol. The second kappa shape index (κ2) is 4.35. The molecule has 4 nitrogen and oxygen atoms in total. The predicted octanol–water partition coefficient (Wildman–Crippen LogP) is 2.32. The third-order valence-electron chi connectivity index (χ3n) is 2.87. The quantitative estimate of drug-likeness (QED) is 0.577. The molecule has 16 heavy (non-hydrogen) atoms. The molecule has 0 spiro atoms. The van der Waals surface area contributed by atoms with E-state index in [1.807, 2.05) is 18.2 Å². The molecule has 0 saturated carbocycles. The molecule has 0 aliphatic carbocycles. The van der Waals surface area contributed by atoms with Gasteiger partial charge in [0.15, 0.2) is 0 Å². The van der Waals surface area contributed by atoms with E-state index in [4.69, 9.17) is 0 Å². The normalized spacial score (nSPS) is 14.4. The number of hydrogen-bond donors (Lipinski definition) is 0. The molecule has 84 valence electrons. The van der Waals surface area contributed by atoms with Gasteiger partial charge in [-0.2, -0.15) is 0 Å². The van der Waals surface area contributed by atoms with Crippen molar-refractivity contribution in [1.29, 1.82) is 0 Å². The first kappa shape index (κ1) is 10.7. The van der Waals surface area contributed by atoms with Crippen LogP contribution in [0.1, 0.15) is 18.1 Å². The number of rotatable bonds is 3. The van der Waals surface area contributed by atoms with Crippen LogP contribution in [0.5, 0.6) is 0 Å². The SMILES string of the molecule is CCN1CCc2cc(/C=C/[N+](=O)[O-])ccc21. The third-order valence-corrected chi connectivity index (χ3v) is 2.87. The molecule has 0 atom stereocenters. The van der Waals surface area contributed by atoms with Gasteiger partial charge in [0.05, 0.1) is 4.92 Å². The van der Waals surface area contributed by atoms with Gasteiger partial charge in [0, 0.05) is 24.9 Å². The van der Waals surface area contributed by atoms with Gasteiger partial charge in [0.1, 0.15) is 0 Å². The van der Waals surface area contributed by atoms with Gasteiger partial charge in [-0.3, -0.25) is 10.1 Å². The Labute approximate surface area is 94.3 Å². The summed E-state index contributed by atoms with van der Waals surface area (Å²) in [4.78, 5) is 12.1. The molecular formula is C12H14N2O2. The van der Waals surface area contributed by atoms with Gasteiger partial charge in [0.25, 0.3) is 0 Å². The van der Waals surface area contributed by atoms with Gasteiger partial charge in [-0.25, -0.2) is 0 Å². The summed E-state index contributed by atoms with van der Waals surface area (Å²) in [6.45, 7) is 4.20. The Morgan fingerprint density at radius 3 is 3.06 bits per heavy atom. The van der Waals surface area contributed by atoms with Crippen molar-refractivity contribution in [2.45, 2.75) is 13.3 Å². The highest BCUT2D eigenvalue weighted by atomic mass is 16.6. The van der Waals surface area contributed by atoms with Crippen LogP contribution in [0.4, 0.5) is 5.69 Å². The Balaban J connectivity index is 2.24. The van der Waals surface area contributed by atoms with Crippen molar-refractivity contribution < 1.29 is 4.92 Å². The number of benzene rings is 1. The minimum absolute atomic E-state index is 0.439. The van der Waals surface area contributed by atoms with Crippen molar-refractivity contribution in [2.75, 3.05) is 18.0 Å². The van der Waals surface area contributed by atoms with Crippen LogP contribution >= 0.6 is 0 Å². The van der Waals surface area contributed by atoms with E-state index < -0.39 is 4.92 Å². The van der Waals surface area contributed by atoms with E-state index in [1.165, 1.54) is 17.3 Å². The summed E-state index contributed by atoms with van der Waals surface area (Å²) in [5.74, 6) is 0. The largest absolute Gasteiger partial charge is 0.371 e. The molecule has 1 aromatic carbocycles. The zero-order chi connectivity index (χ0) is 11.5. The lowest BCUT2D eigenvalue weighted by atomic mass is 10.1. The second-order valence-electron chi connectivity index (χ2n) is 3.82. The molecule has 0 N–H and O–H groups in total. The molecule has 1 aromatic rings. The molecule has 2 rings (SSSR count). The van der Waals surface area contributed by atoms with Crippen LogP contribution in [-0.2, 0) is 6.42 Å². The highest BCUT2D eigenvalue weighted by Crippen LogP contribution is 2.28. The van der Waals surface area contributed by atoms with E-state index >= 15 is 0 Å². The van der Waals surface area contributed by atoms with Gasteiger partial charge >= 0.3 is 0 Å². The van der Waals surface area contributed by atoms with Gasteiger partial charge in [-0.05, 0) is 36.6 Å². The zero-order valence-corrected chi connectivity index (χ0v) is 9.22. The van der Waals surface area contributed by atoms with Crippen molar-refractivity contribution in [1.82, 2.24) is 0 Å². The molecule has 0 aromatic heterocycles. The van der Waals surface area contributed by atoms with Gasteiger partial charge in [-0.1, -0.05) is 6.07 Å². The third kappa shape index (κ3) is 2.05. The summed E-state index contributed by atoms with van der Waals surface area (Å²) < 4.78 is 0. The fourth-order valence-corrected chi connectivity index (χ4v) is 2.07. The van der Waals surface area contributed by atoms with Crippen molar-refractivity contribution in [3.8, 4) is 0 Å². The Bertz CT molecular complexity index is 441. The van der Waals surface area contributed by atoms with E-state index in [1.54, 1.807) is 0 Å². The summed E-state index contributed by atoms with van der Waals surface area (Å²) in [7, 11) is 0. The lowest BCUT2D eigenvalue weighted by Gasteiger charge is -2.16. The highest BCUT2D eigenvalue weighted by Gasteiger charge is 2.16. The first-order valence-corrected chi connectivity index (χ1v) is 5.40. The summed E-state index contributed by atoms with van der Waals surface area (Å²) in [6, 6.07) is 6.00. The maximum Gasteiger partial charge on any atom is 0.235 e. The molecule has 0 amide bonds. The van der Waals surface area contributed by atoms with Crippen LogP contribution in [0.3, 0.4) is 0 Å². The monoisotopic (exact) mass is 218 g/mol. The second-order valence-corrected chi connectivity index (χ2v) is 3.82. The van der Waals surface area contributed by atoms with Crippen LogP contribution in [0.15, 0.2) is 24.4 Å². The summed E-state index contributed by atoms with van der Waals surface area (Å²) in [5, 5.41) is 10.2. The highest BCUT2D eigenvalue weighted by molar-refractivity contribution is 5.63. The van der Waals surface area contributed by atoms with Gasteiger partial charge in [0.2, 0.25) is 6.20 Å². The van der Waals surface area contributed by atoms with Crippen LogP contribution in [-0.4, -0.2) is 18.0 Å². The maximum absolute atomic E-state index is 10.2. The van der Waals surface area contributed by atoms with Crippen LogP contribution < -0.4 is 4.90 Å². The summed E-state index contributed by atoms with van der Waals surface area (Å²) in [5.41, 5.74) is 3.45. The average Bonchev–Trinajstić information content (AvgIpc) is 2.68. The minimum atomic E-state index is -0.439. The first-order valence-electron chi connectivity index (χ1n) is 5.40. The zero-order valence-electron chi connectivity index (χ0n) is 9.22. The molecule has 0 fully saturated rings. The van der Waals surface area contributed by atoms with Crippen molar-refractivity contribution >= 4 is 11.8 Å². The van der Waals surface area contributed by atoms with Crippen LogP contribution in [0.2, 0.25) is 0 Å². The molecule has 0 bridgehead atoms. The molecule has 1 aliphatic heterocycles. The fraction of sp³-hybridized carbons (Fsp3) is 0.333. The van der Waals surface area contributed by atoms with E-state index in [9.17, 15) is 10.1 Å². The van der Waals surface area contributed by atoms with Crippen molar-refractivity contribution in [2.24, 2.45) is 0 Å². The van der Waals surface area contributed by atoms with Gasteiger partial charge < -0.3 is 4.90 Å². The molecule has 0 saturated heterocycles. The number of anilines is 1. The lowest BCUT2D eigenvalue weighted by molar-refractivity contribution is -0.400.